The summed E-state index contributed by atoms with van der Waals surface area (Å²) in [5.74, 6) is -0.0649. The van der Waals surface area contributed by atoms with Crippen molar-refractivity contribution in [3.63, 3.8) is 0 Å². The van der Waals surface area contributed by atoms with Crippen LogP contribution in [0.2, 0.25) is 0 Å². The van der Waals surface area contributed by atoms with Crippen LogP contribution in [0.15, 0.2) is 59.5 Å². The number of nitrogens with two attached hydrogens (primary N) is 1. The second kappa shape index (κ2) is 7.79. The number of carbonyl (C=O) groups is 1. The summed E-state index contributed by atoms with van der Waals surface area (Å²) in [7, 11) is 1.45. The highest BCUT2D eigenvalue weighted by molar-refractivity contribution is 7.94. The van der Waals surface area contributed by atoms with Gasteiger partial charge in [0.15, 0.2) is 5.78 Å². The molecule has 0 unspecified atom stereocenters. The molecule has 0 aliphatic carbocycles. The van der Waals surface area contributed by atoms with Crippen molar-refractivity contribution in [1.29, 1.82) is 0 Å². The molecule has 0 amide bonds. The normalized spacial score (nSPS) is 11.9. The van der Waals surface area contributed by atoms with E-state index >= 15 is 0 Å². The lowest BCUT2D eigenvalue weighted by Crippen LogP contribution is -2.07. The average molecular weight is 315 g/mol. The number of allylic oxidation sites excluding steroid dienone is 1. The summed E-state index contributed by atoms with van der Waals surface area (Å²) >= 11 is 1.11. The minimum absolute atomic E-state index is 0.0649. The van der Waals surface area contributed by atoms with Crippen LogP contribution in [0, 0.1) is 0 Å². The quantitative estimate of drug-likeness (QED) is 0.290. The minimum atomic E-state index is -0.0649. The van der Waals surface area contributed by atoms with Crippen molar-refractivity contribution in [2.45, 2.75) is 11.8 Å². The lowest BCUT2D eigenvalue weighted by molar-refractivity contribution is -0.160. The molecule has 2 N–H and O–H groups in total. The summed E-state index contributed by atoms with van der Waals surface area (Å²) in [5.41, 5.74) is 8.80. The highest BCUT2D eigenvalue weighted by atomic mass is 32.2. The van der Waals surface area contributed by atoms with Gasteiger partial charge < -0.3 is 5.73 Å². The molecule has 0 aromatic heterocycles. The van der Waals surface area contributed by atoms with Crippen molar-refractivity contribution >= 4 is 29.1 Å². The highest BCUT2D eigenvalue weighted by Gasteiger charge is 2.13. The predicted molar refractivity (Wildman–Crippen MR) is 88.5 cm³/mol. The van der Waals surface area contributed by atoms with Crippen LogP contribution >= 0.6 is 12.0 Å². The number of benzene rings is 2. The van der Waals surface area contributed by atoms with Crippen molar-refractivity contribution in [1.82, 2.24) is 0 Å². The molecule has 2 aromatic carbocycles. The Labute approximate surface area is 134 Å². The summed E-state index contributed by atoms with van der Waals surface area (Å²) < 4.78 is 4.79. The highest BCUT2D eigenvalue weighted by Crippen LogP contribution is 2.26. The van der Waals surface area contributed by atoms with Gasteiger partial charge in [-0.25, -0.2) is 4.89 Å². The molecule has 0 fully saturated rings. The Morgan fingerprint density at radius 2 is 1.64 bits per heavy atom. The third-order valence-corrected chi connectivity index (χ3v) is 3.72. The van der Waals surface area contributed by atoms with Crippen LogP contribution in [0.4, 0.5) is 0 Å². The van der Waals surface area contributed by atoms with Gasteiger partial charge in [-0.1, -0.05) is 42.5 Å². The SMILES string of the molecule is COOSc1ccc(/C(N)=C(/C(C)=O)c2ccccc2)cc1. The average Bonchev–Trinajstić information content (AvgIpc) is 2.54. The lowest BCUT2D eigenvalue weighted by atomic mass is 9.97. The Hall–Kier alpha value is -2.08. The van der Waals surface area contributed by atoms with E-state index in [1.807, 2.05) is 54.6 Å². The fourth-order valence-electron chi connectivity index (χ4n) is 2.06. The number of hydrogen-bond acceptors (Lipinski definition) is 5. The standard InChI is InChI=1S/C17H17NO3S/c1-12(19)16(13-6-4-3-5-7-13)17(18)14-8-10-15(11-9-14)22-21-20-2/h3-11H,18H2,1-2H3/b17-16+. The molecular weight excluding hydrogens is 298 g/mol. The molecule has 5 heteroatoms. The fraction of sp³-hybridized carbons (Fsp3) is 0.118. The molecule has 0 heterocycles. The maximum absolute atomic E-state index is 12.0. The first kappa shape index (κ1) is 16.3. The Balaban J connectivity index is 2.37. The first-order chi connectivity index (χ1) is 10.6. The van der Waals surface area contributed by atoms with E-state index in [2.05, 4.69) is 4.89 Å². The van der Waals surface area contributed by atoms with Crippen molar-refractivity contribution < 1.29 is 14.0 Å². The Bertz CT molecular complexity index is 666. The molecule has 2 rings (SSSR count). The van der Waals surface area contributed by atoms with E-state index in [1.165, 1.54) is 14.0 Å². The molecule has 0 saturated carbocycles. The van der Waals surface area contributed by atoms with Crippen LogP contribution in [0.5, 0.6) is 0 Å². The van der Waals surface area contributed by atoms with Crippen LogP contribution in [0.25, 0.3) is 11.3 Å². The van der Waals surface area contributed by atoms with E-state index in [4.69, 9.17) is 10.1 Å². The zero-order valence-corrected chi connectivity index (χ0v) is 13.2. The van der Waals surface area contributed by atoms with Crippen molar-refractivity contribution in [2.75, 3.05) is 7.11 Å². The molecule has 0 saturated heterocycles. The molecular formula is C17H17NO3S. The van der Waals surface area contributed by atoms with Crippen LogP contribution in [-0.2, 0) is 14.0 Å². The maximum atomic E-state index is 12.0. The first-order valence-electron chi connectivity index (χ1n) is 6.67. The van der Waals surface area contributed by atoms with E-state index < -0.39 is 0 Å². The largest absolute Gasteiger partial charge is 0.398 e. The first-order valence-corrected chi connectivity index (χ1v) is 7.41. The van der Waals surface area contributed by atoms with E-state index in [1.54, 1.807) is 0 Å². The minimum Gasteiger partial charge on any atom is -0.398 e. The van der Waals surface area contributed by atoms with Gasteiger partial charge in [-0.3, -0.25) is 4.79 Å². The van der Waals surface area contributed by atoms with Gasteiger partial charge in [0.1, 0.15) is 0 Å². The molecule has 0 aliphatic heterocycles. The third kappa shape index (κ3) is 3.98. The van der Waals surface area contributed by atoms with Crippen LogP contribution < -0.4 is 5.73 Å². The number of hydrogen-bond donors (Lipinski definition) is 1. The summed E-state index contributed by atoms with van der Waals surface area (Å²) in [4.78, 5) is 17.4. The van der Waals surface area contributed by atoms with Gasteiger partial charge >= 0.3 is 0 Å². The predicted octanol–water partition coefficient (Wildman–Crippen LogP) is 3.69. The van der Waals surface area contributed by atoms with Crippen LogP contribution in [0.3, 0.4) is 0 Å². The van der Waals surface area contributed by atoms with E-state index in [0.29, 0.717) is 11.3 Å². The summed E-state index contributed by atoms with van der Waals surface area (Å²) in [6.45, 7) is 1.52. The monoisotopic (exact) mass is 315 g/mol. The lowest BCUT2D eigenvalue weighted by Gasteiger charge is -2.10. The number of carbonyl (C=O) groups excluding carboxylic acids is 1. The molecule has 114 valence electrons. The van der Waals surface area contributed by atoms with Gasteiger partial charge in [-0.15, -0.1) is 0 Å². The molecule has 0 aliphatic rings. The Morgan fingerprint density at radius 1 is 1.00 bits per heavy atom. The molecule has 4 nitrogen and oxygen atoms in total. The third-order valence-electron chi connectivity index (χ3n) is 3.05. The second-order valence-corrected chi connectivity index (χ2v) is 5.33. The smallest absolute Gasteiger partial charge is 0.162 e. The zero-order chi connectivity index (χ0) is 15.9. The molecule has 2 aromatic rings. The Kier molecular flexibility index (Phi) is 5.77. The number of rotatable bonds is 6. The van der Waals surface area contributed by atoms with Crippen LogP contribution in [-0.4, -0.2) is 12.9 Å². The van der Waals surface area contributed by atoms with E-state index in [9.17, 15) is 4.79 Å². The van der Waals surface area contributed by atoms with Gasteiger partial charge in [0.05, 0.1) is 24.8 Å². The Morgan fingerprint density at radius 3 is 2.18 bits per heavy atom. The fourth-order valence-corrected chi connectivity index (χ4v) is 2.45. The van der Waals surface area contributed by atoms with Gasteiger partial charge in [0.2, 0.25) is 0 Å². The van der Waals surface area contributed by atoms with Crippen molar-refractivity contribution in [2.24, 2.45) is 5.73 Å². The van der Waals surface area contributed by atoms with Crippen molar-refractivity contribution in [3.05, 3.63) is 65.7 Å². The van der Waals surface area contributed by atoms with Gasteiger partial charge in [0, 0.05) is 10.5 Å². The van der Waals surface area contributed by atoms with Gasteiger partial charge in [-0.2, -0.15) is 4.33 Å². The number of ketones is 1. The van der Waals surface area contributed by atoms with Crippen molar-refractivity contribution in [3.8, 4) is 0 Å². The van der Waals surface area contributed by atoms with Gasteiger partial charge in [0.25, 0.3) is 0 Å². The second-order valence-electron chi connectivity index (χ2n) is 4.55. The van der Waals surface area contributed by atoms with E-state index in [-0.39, 0.29) is 5.78 Å². The maximum Gasteiger partial charge on any atom is 0.162 e. The molecule has 0 atom stereocenters. The van der Waals surface area contributed by atoms with Crippen LogP contribution in [0.1, 0.15) is 18.1 Å². The van der Waals surface area contributed by atoms with E-state index in [0.717, 1.165) is 28.1 Å². The summed E-state index contributed by atoms with van der Waals surface area (Å²) in [5, 5.41) is 0. The molecule has 0 bridgehead atoms. The zero-order valence-electron chi connectivity index (χ0n) is 12.4. The van der Waals surface area contributed by atoms with Gasteiger partial charge in [-0.05, 0) is 30.2 Å². The summed E-state index contributed by atoms with van der Waals surface area (Å²) in [6, 6.07) is 16.8. The molecule has 0 radical (unpaired) electrons. The molecule has 22 heavy (non-hydrogen) atoms. The topological polar surface area (TPSA) is 61.6 Å². The molecule has 0 spiro atoms. The summed E-state index contributed by atoms with van der Waals surface area (Å²) in [6.07, 6.45) is 0. The number of Topliss-reactive ketones (excluding diaryl/α,β-unsaturated/α-hetero) is 1.